The van der Waals surface area contributed by atoms with Crippen molar-refractivity contribution >= 4 is 11.9 Å². The van der Waals surface area contributed by atoms with Crippen molar-refractivity contribution in [1.29, 1.82) is 0 Å². The SMILES string of the molecule is CCn1ccnc1N(C)C(C)(C)C(=O)O. The summed E-state index contributed by atoms with van der Waals surface area (Å²) in [6.45, 7) is 6.08. The largest absolute Gasteiger partial charge is 0.480 e. The maximum Gasteiger partial charge on any atom is 0.329 e. The summed E-state index contributed by atoms with van der Waals surface area (Å²) in [5, 5.41) is 9.10. The third kappa shape index (κ3) is 1.95. The van der Waals surface area contributed by atoms with Crippen molar-refractivity contribution in [2.45, 2.75) is 32.9 Å². The van der Waals surface area contributed by atoms with Crippen LogP contribution in [0.3, 0.4) is 0 Å². The first kappa shape index (κ1) is 11.6. The molecule has 0 spiro atoms. The molecule has 5 nitrogen and oxygen atoms in total. The average molecular weight is 211 g/mol. The molecule has 0 fully saturated rings. The lowest BCUT2D eigenvalue weighted by atomic mass is 10.1. The molecule has 15 heavy (non-hydrogen) atoms. The number of hydrogen-bond donors (Lipinski definition) is 1. The number of likely N-dealkylation sites (N-methyl/N-ethyl adjacent to an activating group) is 1. The highest BCUT2D eigenvalue weighted by molar-refractivity contribution is 5.81. The lowest BCUT2D eigenvalue weighted by molar-refractivity contribution is -0.142. The van der Waals surface area contributed by atoms with Crippen molar-refractivity contribution < 1.29 is 9.90 Å². The van der Waals surface area contributed by atoms with Gasteiger partial charge in [-0.1, -0.05) is 0 Å². The Morgan fingerprint density at radius 2 is 2.27 bits per heavy atom. The van der Waals surface area contributed by atoms with E-state index in [1.807, 2.05) is 17.7 Å². The van der Waals surface area contributed by atoms with Gasteiger partial charge in [0.25, 0.3) is 0 Å². The normalized spacial score (nSPS) is 11.5. The number of aliphatic carboxylic acids is 1. The Kier molecular flexibility index (Phi) is 3.02. The van der Waals surface area contributed by atoms with E-state index in [1.165, 1.54) is 0 Å². The lowest BCUT2D eigenvalue weighted by Crippen LogP contribution is -2.49. The molecule has 5 heteroatoms. The zero-order chi connectivity index (χ0) is 11.6. The average Bonchev–Trinajstić information content (AvgIpc) is 2.63. The van der Waals surface area contributed by atoms with E-state index in [2.05, 4.69) is 4.98 Å². The van der Waals surface area contributed by atoms with Crippen molar-refractivity contribution in [3.63, 3.8) is 0 Å². The highest BCUT2D eigenvalue weighted by Crippen LogP contribution is 2.20. The van der Waals surface area contributed by atoms with E-state index in [-0.39, 0.29) is 0 Å². The fraction of sp³-hybridized carbons (Fsp3) is 0.600. The van der Waals surface area contributed by atoms with Crippen LogP contribution in [0.25, 0.3) is 0 Å². The van der Waals surface area contributed by atoms with Crippen LogP contribution in [0.2, 0.25) is 0 Å². The molecule has 1 heterocycles. The molecular weight excluding hydrogens is 194 g/mol. The first-order valence-corrected chi connectivity index (χ1v) is 4.89. The van der Waals surface area contributed by atoms with Gasteiger partial charge < -0.3 is 14.6 Å². The van der Waals surface area contributed by atoms with Gasteiger partial charge in [0.2, 0.25) is 5.95 Å². The first-order valence-electron chi connectivity index (χ1n) is 4.89. The second kappa shape index (κ2) is 3.92. The summed E-state index contributed by atoms with van der Waals surface area (Å²) in [5.74, 6) is -0.194. The number of carboxylic acid groups (broad SMARTS) is 1. The van der Waals surface area contributed by atoms with Gasteiger partial charge >= 0.3 is 5.97 Å². The van der Waals surface area contributed by atoms with Crippen LogP contribution in [0.1, 0.15) is 20.8 Å². The Morgan fingerprint density at radius 3 is 2.73 bits per heavy atom. The fourth-order valence-electron chi connectivity index (χ4n) is 1.24. The maximum absolute atomic E-state index is 11.1. The molecule has 0 aliphatic rings. The molecule has 0 bridgehead atoms. The van der Waals surface area contributed by atoms with Gasteiger partial charge in [-0.3, -0.25) is 0 Å². The third-order valence-electron chi connectivity index (χ3n) is 2.70. The van der Waals surface area contributed by atoms with Gasteiger partial charge in [-0.05, 0) is 20.8 Å². The zero-order valence-corrected chi connectivity index (χ0v) is 9.56. The van der Waals surface area contributed by atoms with Gasteiger partial charge in [0.1, 0.15) is 5.54 Å². The molecule has 1 aromatic heterocycles. The molecule has 1 aromatic rings. The van der Waals surface area contributed by atoms with E-state index in [0.29, 0.717) is 5.95 Å². The molecule has 0 aromatic carbocycles. The van der Waals surface area contributed by atoms with Crippen molar-refractivity contribution in [3.05, 3.63) is 12.4 Å². The van der Waals surface area contributed by atoms with Crippen LogP contribution in [0, 0.1) is 0 Å². The standard InChI is InChI=1S/C10H17N3O2/c1-5-13-7-6-11-9(13)12(4)10(2,3)8(14)15/h6-7H,5H2,1-4H3,(H,14,15). The fourth-order valence-corrected chi connectivity index (χ4v) is 1.24. The Hall–Kier alpha value is -1.52. The van der Waals surface area contributed by atoms with Crippen LogP contribution in [-0.2, 0) is 11.3 Å². The summed E-state index contributed by atoms with van der Waals surface area (Å²) in [7, 11) is 1.74. The molecule has 1 rings (SSSR count). The van der Waals surface area contributed by atoms with Crippen molar-refractivity contribution in [3.8, 4) is 0 Å². The van der Waals surface area contributed by atoms with Crippen LogP contribution in [0.5, 0.6) is 0 Å². The Morgan fingerprint density at radius 1 is 1.67 bits per heavy atom. The summed E-state index contributed by atoms with van der Waals surface area (Å²) in [6.07, 6.45) is 3.51. The molecule has 0 atom stereocenters. The highest BCUT2D eigenvalue weighted by Gasteiger charge is 2.34. The van der Waals surface area contributed by atoms with Crippen LogP contribution in [-0.4, -0.2) is 33.2 Å². The maximum atomic E-state index is 11.1. The quantitative estimate of drug-likeness (QED) is 0.813. The lowest BCUT2D eigenvalue weighted by Gasteiger charge is -2.32. The molecule has 0 aliphatic carbocycles. The Bertz CT molecular complexity index is 357. The van der Waals surface area contributed by atoms with Gasteiger partial charge in [0, 0.05) is 26.0 Å². The minimum atomic E-state index is -0.960. The van der Waals surface area contributed by atoms with E-state index >= 15 is 0 Å². The second-order valence-electron chi connectivity index (χ2n) is 3.94. The molecule has 0 amide bonds. The number of carboxylic acids is 1. The number of aromatic nitrogens is 2. The number of nitrogens with zero attached hydrogens (tertiary/aromatic N) is 3. The minimum absolute atomic E-state index is 0.671. The van der Waals surface area contributed by atoms with E-state index < -0.39 is 11.5 Å². The monoisotopic (exact) mass is 211 g/mol. The van der Waals surface area contributed by atoms with Crippen LogP contribution < -0.4 is 4.90 Å². The van der Waals surface area contributed by atoms with Gasteiger partial charge in [0.15, 0.2) is 0 Å². The number of hydrogen-bond acceptors (Lipinski definition) is 3. The van der Waals surface area contributed by atoms with E-state index in [1.54, 1.807) is 32.0 Å². The van der Waals surface area contributed by atoms with Gasteiger partial charge in [-0.15, -0.1) is 0 Å². The summed E-state index contributed by atoms with van der Waals surface area (Å²) in [4.78, 5) is 16.9. The van der Waals surface area contributed by atoms with E-state index in [0.717, 1.165) is 6.54 Å². The van der Waals surface area contributed by atoms with E-state index in [4.69, 9.17) is 5.11 Å². The number of rotatable bonds is 4. The van der Waals surface area contributed by atoms with Gasteiger partial charge in [-0.25, -0.2) is 9.78 Å². The topological polar surface area (TPSA) is 58.4 Å². The highest BCUT2D eigenvalue weighted by atomic mass is 16.4. The van der Waals surface area contributed by atoms with Crippen molar-refractivity contribution in [1.82, 2.24) is 9.55 Å². The summed E-state index contributed by atoms with van der Waals surface area (Å²) >= 11 is 0. The second-order valence-corrected chi connectivity index (χ2v) is 3.94. The predicted molar refractivity (Wildman–Crippen MR) is 58.0 cm³/mol. The number of imidazole rings is 1. The molecular formula is C10H17N3O2. The smallest absolute Gasteiger partial charge is 0.329 e. The molecule has 0 radical (unpaired) electrons. The zero-order valence-electron chi connectivity index (χ0n) is 9.56. The molecule has 0 unspecified atom stereocenters. The molecule has 0 saturated heterocycles. The van der Waals surface area contributed by atoms with Crippen LogP contribution >= 0.6 is 0 Å². The Labute approximate surface area is 89.3 Å². The predicted octanol–water partition coefficient (Wildman–Crippen LogP) is 1.20. The third-order valence-corrected chi connectivity index (χ3v) is 2.70. The van der Waals surface area contributed by atoms with Crippen molar-refractivity contribution in [2.24, 2.45) is 0 Å². The van der Waals surface area contributed by atoms with Crippen molar-refractivity contribution in [2.75, 3.05) is 11.9 Å². The molecule has 84 valence electrons. The molecule has 0 saturated carbocycles. The van der Waals surface area contributed by atoms with Crippen LogP contribution in [0.15, 0.2) is 12.4 Å². The van der Waals surface area contributed by atoms with Crippen LogP contribution in [0.4, 0.5) is 5.95 Å². The molecule has 0 aliphatic heterocycles. The summed E-state index contributed by atoms with van der Waals surface area (Å²) in [6, 6.07) is 0. The number of anilines is 1. The summed E-state index contributed by atoms with van der Waals surface area (Å²) in [5.41, 5.74) is -0.960. The van der Waals surface area contributed by atoms with Gasteiger partial charge in [-0.2, -0.15) is 0 Å². The number of aryl methyl sites for hydroxylation is 1. The number of carbonyl (C=O) groups is 1. The minimum Gasteiger partial charge on any atom is -0.480 e. The molecule has 1 N–H and O–H groups in total. The van der Waals surface area contributed by atoms with E-state index in [9.17, 15) is 4.79 Å². The Balaban J connectivity index is 3.03. The first-order chi connectivity index (χ1) is 6.91. The summed E-state index contributed by atoms with van der Waals surface area (Å²) < 4.78 is 1.91. The van der Waals surface area contributed by atoms with Gasteiger partial charge in [0.05, 0.1) is 0 Å².